The molecule has 0 saturated heterocycles. The fourth-order valence-electron chi connectivity index (χ4n) is 5.50. The lowest BCUT2D eigenvalue weighted by atomic mass is 9.49. The van der Waals surface area contributed by atoms with Crippen molar-refractivity contribution < 1.29 is 4.79 Å². The third-order valence-electron chi connectivity index (χ3n) is 5.78. The Bertz CT molecular complexity index is 319. The molecule has 0 spiro atoms. The maximum absolute atomic E-state index is 12.6. The minimum Gasteiger partial charge on any atom is -0.342 e. The molecule has 4 aliphatic rings. The molecule has 4 saturated carbocycles. The van der Waals surface area contributed by atoms with Crippen molar-refractivity contribution in [2.45, 2.75) is 51.9 Å². The molecule has 1 amide bonds. The third kappa shape index (κ3) is 2.72. The van der Waals surface area contributed by atoms with Crippen LogP contribution in [0.25, 0.3) is 0 Å². The van der Waals surface area contributed by atoms with E-state index in [-0.39, 0.29) is 0 Å². The highest BCUT2D eigenvalue weighted by Crippen LogP contribution is 2.61. The summed E-state index contributed by atoms with van der Waals surface area (Å²) in [6.07, 6.45) is 9.26. The van der Waals surface area contributed by atoms with Gasteiger partial charge in [-0.1, -0.05) is 15.9 Å². The van der Waals surface area contributed by atoms with Crippen LogP contribution in [-0.4, -0.2) is 29.2 Å². The van der Waals surface area contributed by atoms with Crippen LogP contribution in [0.5, 0.6) is 0 Å². The minimum absolute atomic E-state index is 0.394. The predicted molar refractivity (Wildman–Crippen MR) is 81.3 cm³/mol. The van der Waals surface area contributed by atoms with Crippen molar-refractivity contribution in [2.24, 2.45) is 23.2 Å². The summed E-state index contributed by atoms with van der Waals surface area (Å²) >= 11 is 3.46. The summed E-state index contributed by atoms with van der Waals surface area (Å²) in [5, 5.41) is 0.896. The standard InChI is InChI=1S/C16H26BrNO/c1-2-18(4-3-17)15(19)11-16-8-12-5-13(9-16)7-14(6-12)10-16/h12-14H,2-11H2,1H3. The number of hydrogen-bond acceptors (Lipinski definition) is 1. The SMILES string of the molecule is CCN(CCBr)C(=O)CC12CC3CC(CC(C3)C1)C2. The Balaban J connectivity index is 1.67. The maximum atomic E-state index is 12.6. The molecule has 4 fully saturated rings. The van der Waals surface area contributed by atoms with Crippen LogP contribution >= 0.6 is 15.9 Å². The van der Waals surface area contributed by atoms with Gasteiger partial charge in [-0.15, -0.1) is 0 Å². The van der Waals surface area contributed by atoms with E-state index in [1.54, 1.807) is 0 Å². The molecule has 2 nitrogen and oxygen atoms in total. The van der Waals surface area contributed by atoms with E-state index < -0.39 is 0 Å². The van der Waals surface area contributed by atoms with Crippen LogP contribution in [0.2, 0.25) is 0 Å². The first-order valence-corrected chi connectivity index (χ1v) is 9.10. The molecular weight excluding hydrogens is 302 g/mol. The smallest absolute Gasteiger partial charge is 0.223 e. The van der Waals surface area contributed by atoms with E-state index >= 15 is 0 Å². The van der Waals surface area contributed by atoms with Gasteiger partial charge in [0.05, 0.1) is 0 Å². The van der Waals surface area contributed by atoms with Crippen LogP contribution in [0, 0.1) is 23.2 Å². The zero-order valence-corrected chi connectivity index (χ0v) is 13.6. The molecule has 4 rings (SSSR count). The molecule has 0 aliphatic heterocycles. The van der Waals surface area contributed by atoms with Crippen molar-refractivity contribution >= 4 is 21.8 Å². The Kier molecular flexibility index (Phi) is 3.94. The molecule has 3 heteroatoms. The fraction of sp³-hybridized carbons (Fsp3) is 0.938. The van der Waals surface area contributed by atoms with E-state index in [0.29, 0.717) is 11.3 Å². The van der Waals surface area contributed by atoms with E-state index in [4.69, 9.17) is 0 Å². The van der Waals surface area contributed by atoms with Crippen molar-refractivity contribution in [3.8, 4) is 0 Å². The zero-order valence-electron chi connectivity index (χ0n) is 12.0. The van der Waals surface area contributed by atoms with Crippen molar-refractivity contribution in [3.05, 3.63) is 0 Å². The summed E-state index contributed by atoms with van der Waals surface area (Å²) in [6.45, 7) is 3.82. The highest BCUT2D eigenvalue weighted by molar-refractivity contribution is 9.09. The lowest BCUT2D eigenvalue weighted by Gasteiger charge is -2.57. The number of hydrogen-bond donors (Lipinski definition) is 0. The van der Waals surface area contributed by atoms with Gasteiger partial charge in [0.2, 0.25) is 5.91 Å². The summed E-state index contributed by atoms with van der Waals surface area (Å²) in [4.78, 5) is 14.6. The first-order valence-electron chi connectivity index (χ1n) is 7.98. The second-order valence-corrected chi connectivity index (χ2v) is 8.05. The quantitative estimate of drug-likeness (QED) is 0.702. The fourth-order valence-corrected chi connectivity index (χ4v) is 5.93. The van der Waals surface area contributed by atoms with Crippen molar-refractivity contribution in [3.63, 3.8) is 0 Å². The van der Waals surface area contributed by atoms with E-state index in [1.807, 2.05) is 4.90 Å². The average Bonchev–Trinajstić information content (AvgIpc) is 2.33. The molecule has 108 valence electrons. The zero-order chi connectivity index (χ0) is 13.5. The molecule has 0 aromatic carbocycles. The van der Waals surface area contributed by atoms with Gasteiger partial charge >= 0.3 is 0 Å². The van der Waals surface area contributed by atoms with Gasteiger partial charge in [-0.2, -0.15) is 0 Å². The summed E-state index contributed by atoms with van der Waals surface area (Å²) in [5.41, 5.74) is 0.394. The van der Waals surface area contributed by atoms with E-state index in [0.717, 1.165) is 42.6 Å². The monoisotopic (exact) mass is 327 g/mol. The van der Waals surface area contributed by atoms with Crippen LogP contribution in [0.1, 0.15) is 51.9 Å². The van der Waals surface area contributed by atoms with Gasteiger partial charge in [-0.05, 0) is 68.6 Å². The highest BCUT2D eigenvalue weighted by atomic mass is 79.9. The number of carbonyl (C=O) groups is 1. The van der Waals surface area contributed by atoms with Gasteiger partial charge in [-0.3, -0.25) is 4.79 Å². The summed E-state index contributed by atoms with van der Waals surface area (Å²) in [5.74, 6) is 3.25. The molecule has 4 aliphatic carbocycles. The molecule has 19 heavy (non-hydrogen) atoms. The minimum atomic E-state index is 0.394. The summed E-state index contributed by atoms with van der Waals surface area (Å²) < 4.78 is 0. The predicted octanol–water partition coefficient (Wildman–Crippen LogP) is 3.84. The number of alkyl halides is 1. The number of rotatable bonds is 5. The van der Waals surface area contributed by atoms with E-state index in [9.17, 15) is 4.79 Å². The molecule has 0 atom stereocenters. The van der Waals surface area contributed by atoms with Crippen LogP contribution in [0.3, 0.4) is 0 Å². The van der Waals surface area contributed by atoms with E-state index in [1.165, 1.54) is 38.5 Å². The Hall–Kier alpha value is -0.0500. The van der Waals surface area contributed by atoms with Gasteiger partial charge in [-0.25, -0.2) is 0 Å². The van der Waals surface area contributed by atoms with Crippen molar-refractivity contribution in [1.29, 1.82) is 0 Å². The molecule has 0 N–H and O–H groups in total. The van der Waals surface area contributed by atoms with Crippen LogP contribution in [0.15, 0.2) is 0 Å². The maximum Gasteiger partial charge on any atom is 0.223 e. The number of carbonyl (C=O) groups excluding carboxylic acids is 1. The normalized spacial score (nSPS) is 39.6. The van der Waals surface area contributed by atoms with Gasteiger partial charge in [0.25, 0.3) is 0 Å². The average molecular weight is 328 g/mol. The second kappa shape index (κ2) is 5.38. The molecule has 0 heterocycles. The Morgan fingerprint density at radius 2 is 1.68 bits per heavy atom. The van der Waals surface area contributed by atoms with Gasteiger partial charge in [0, 0.05) is 24.8 Å². The van der Waals surface area contributed by atoms with Crippen LogP contribution in [0.4, 0.5) is 0 Å². The Morgan fingerprint density at radius 1 is 1.16 bits per heavy atom. The first-order chi connectivity index (χ1) is 9.14. The Labute approximate surface area is 125 Å². The van der Waals surface area contributed by atoms with Crippen LogP contribution < -0.4 is 0 Å². The molecule has 4 bridgehead atoms. The van der Waals surface area contributed by atoms with E-state index in [2.05, 4.69) is 22.9 Å². The second-order valence-electron chi connectivity index (χ2n) is 7.26. The number of halogens is 1. The largest absolute Gasteiger partial charge is 0.342 e. The molecule has 0 aromatic rings. The van der Waals surface area contributed by atoms with Crippen molar-refractivity contribution in [1.82, 2.24) is 4.90 Å². The molecular formula is C16H26BrNO. The third-order valence-corrected chi connectivity index (χ3v) is 6.13. The lowest BCUT2D eigenvalue weighted by molar-refractivity contribution is -0.139. The van der Waals surface area contributed by atoms with Crippen LogP contribution in [-0.2, 0) is 4.79 Å². The molecule has 0 radical (unpaired) electrons. The number of nitrogens with zero attached hydrogens (tertiary/aromatic N) is 1. The topological polar surface area (TPSA) is 20.3 Å². The number of amides is 1. The van der Waals surface area contributed by atoms with Gasteiger partial charge in [0.1, 0.15) is 0 Å². The summed E-state index contributed by atoms with van der Waals surface area (Å²) in [7, 11) is 0. The first kappa shape index (κ1) is 13.9. The van der Waals surface area contributed by atoms with Gasteiger partial charge < -0.3 is 4.90 Å². The highest BCUT2D eigenvalue weighted by Gasteiger charge is 2.51. The summed E-state index contributed by atoms with van der Waals surface area (Å²) in [6, 6.07) is 0. The molecule has 0 unspecified atom stereocenters. The van der Waals surface area contributed by atoms with Gasteiger partial charge in [0.15, 0.2) is 0 Å². The Morgan fingerprint density at radius 3 is 2.11 bits per heavy atom. The van der Waals surface area contributed by atoms with Crippen molar-refractivity contribution in [2.75, 3.05) is 18.4 Å². The molecule has 0 aromatic heterocycles. The lowest BCUT2D eigenvalue weighted by Crippen LogP contribution is -2.48.